The van der Waals surface area contributed by atoms with Gasteiger partial charge in [-0.05, 0) is 119 Å². The average molecular weight is 614 g/mol. The molecule has 1 heterocycles. The van der Waals surface area contributed by atoms with E-state index in [-0.39, 0.29) is 28.8 Å². The van der Waals surface area contributed by atoms with Crippen molar-refractivity contribution in [1.29, 1.82) is 0 Å². The molecule has 1 aromatic carbocycles. The van der Waals surface area contributed by atoms with Crippen LogP contribution in [0.2, 0.25) is 0 Å². The first-order valence-corrected chi connectivity index (χ1v) is 17.6. The third-order valence-corrected chi connectivity index (χ3v) is 13.9. The Morgan fingerprint density at radius 3 is 2.62 bits per heavy atom. The molecular formula is C39H55N3O3. The van der Waals surface area contributed by atoms with Crippen LogP contribution in [0.25, 0.3) is 0 Å². The number of aliphatic hydroxyl groups is 1. The van der Waals surface area contributed by atoms with Crippen molar-refractivity contribution in [3.05, 3.63) is 47.5 Å². The topological polar surface area (TPSA) is 74.2 Å². The highest BCUT2D eigenvalue weighted by molar-refractivity contribution is 5.96. The molecule has 3 saturated carbocycles. The van der Waals surface area contributed by atoms with Gasteiger partial charge in [0, 0.05) is 30.0 Å². The maximum Gasteiger partial charge on any atom is 0.260 e. The maximum atomic E-state index is 12.8. The highest BCUT2D eigenvalue weighted by Gasteiger charge is 2.63. The number of nitrogens with zero attached hydrogens (tertiary/aromatic N) is 2. The fraction of sp³-hybridized carbons (Fsp3) is 0.692. The lowest BCUT2D eigenvalue weighted by Crippen LogP contribution is -2.54. The Morgan fingerprint density at radius 1 is 1.11 bits per heavy atom. The number of rotatable bonds is 7. The molecule has 4 fully saturated rings. The van der Waals surface area contributed by atoms with Crippen molar-refractivity contribution in [3.63, 3.8) is 0 Å². The highest BCUT2D eigenvalue weighted by atomic mass is 16.6. The summed E-state index contributed by atoms with van der Waals surface area (Å²) in [6.07, 6.45) is 18.2. The summed E-state index contributed by atoms with van der Waals surface area (Å²) in [5, 5.41) is 18.9. The number of hydrogen-bond acceptors (Lipinski definition) is 5. The van der Waals surface area contributed by atoms with E-state index in [1.165, 1.54) is 11.1 Å². The van der Waals surface area contributed by atoms with Crippen LogP contribution < -0.4 is 5.32 Å². The van der Waals surface area contributed by atoms with Gasteiger partial charge < -0.3 is 20.2 Å². The molecule has 9 atom stereocenters. The van der Waals surface area contributed by atoms with E-state index < -0.39 is 5.60 Å². The second-order valence-corrected chi connectivity index (χ2v) is 15.9. The van der Waals surface area contributed by atoms with E-state index in [0.29, 0.717) is 36.3 Å². The van der Waals surface area contributed by atoms with E-state index in [0.717, 1.165) is 76.5 Å². The molecule has 1 aliphatic heterocycles. The molecule has 1 saturated heterocycles. The van der Waals surface area contributed by atoms with Crippen molar-refractivity contribution < 1.29 is 14.7 Å². The Labute approximate surface area is 271 Å². The predicted molar refractivity (Wildman–Crippen MR) is 180 cm³/mol. The molecule has 6 heteroatoms. The minimum absolute atomic E-state index is 0.0404. The fourth-order valence-electron chi connectivity index (χ4n) is 10.9. The van der Waals surface area contributed by atoms with E-state index in [1.54, 1.807) is 0 Å². The number of hydrogen-bond donors (Lipinski definition) is 2. The number of benzene rings is 1. The van der Waals surface area contributed by atoms with E-state index in [4.69, 9.17) is 11.3 Å². The van der Waals surface area contributed by atoms with Gasteiger partial charge in [-0.15, -0.1) is 6.42 Å². The number of terminal acetylenes is 1. The van der Waals surface area contributed by atoms with Crippen molar-refractivity contribution in [2.24, 2.45) is 39.7 Å². The zero-order valence-corrected chi connectivity index (χ0v) is 28.3. The van der Waals surface area contributed by atoms with Crippen LogP contribution in [0.4, 0.5) is 0 Å². The third-order valence-electron chi connectivity index (χ3n) is 13.9. The number of piperidine rings is 1. The van der Waals surface area contributed by atoms with E-state index in [1.807, 2.05) is 0 Å². The minimum atomic E-state index is -0.955. The Bertz CT molecular complexity index is 1370. The molecule has 6 nitrogen and oxygen atoms in total. The molecule has 0 bridgehead atoms. The number of carbonyl (C=O) groups is 1. The largest absolute Gasteiger partial charge is 0.385 e. The highest BCUT2D eigenvalue weighted by Crippen LogP contribution is 2.67. The summed E-state index contributed by atoms with van der Waals surface area (Å²) in [5.74, 6) is 4.92. The minimum Gasteiger partial charge on any atom is -0.385 e. The molecule has 4 aliphatic carbocycles. The summed E-state index contributed by atoms with van der Waals surface area (Å²) in [6, 6.07) is 11.3. The lowest BCUT2D eigenvalue weighted by atomic mass is 9.46. The summed E-state index contributed by atoms with van der Waals surface area (Å²) in [4.78, 5) is 20.9. The first kappa shape index (κ1) is 32.3. The van der Waals surface area contributed by atoms with Gasteiger partial charge in [-0.1, -0.05) is 67.8 Å². The van der Waals surface area contributed by atoms with Gasteiger partial charge in [0.05, 0.1) is 5.71 Å². The number of carbonyl (C=O) groups excluding carboxylic acids is 1. The van der Waals surface area contributed by atoms with Gasteiger partial charge >= 0.3 is 0 Å². The molecule has 45 heavy (non-hydrogen) atoms. The third kappa shape index (κ3) is 5.46. The van der Waals surface area contributed by atoms with Crippen LogP contribution in [-0.4, -0.2) is 60.0 Å². The van der Waals surface area contributed by atoms with Crippen molar-refractivity contribution >= 4 is 11.6 Å². The maximum absolute atomic E-state index is 12.8. The average Bonchev–Trinajstić information content (AvgIpc) is 3.31. The summed E-state index contributed by atoms with van der Waals surface area (Å²) in [6.45, 7) is 11.0. The Balaban J connectivity index is 1.04. The zero-order chi connectivity index (χ0) is 32.0. The number of allylic oxidation sites excluding steroid dienone is 2. The number of fused-ring (bicyclic) bond motifs is 5. The first-order valence-electron chi connectivity index (χ1n) is 17.6. The van der Waals surface area contributed by atoms with Crippen LogP contribution in [-0.2, 0) is 15.0 Å². The van der Waals surface area contributed by atoms with Crippen LogP contribution in [0, 0.1) is 46.8 Å². The van der Waals surface area contributed by atoms with Crippen LogP contribution in [0.5, 0.6) is 0 Å². The smallest absolute Gasteiger partial charge is 0.260 e. The van der Waals surface area contributed by atoms with Gasteiger partial charge in [0.15, 0.2) is 6.61 Å². The standard InChI is InChI=1S/C39H55N3O3/c1-7-39(44)20-17-34-32-14-13-30-23-31(15-18-36(30,4)33(32)16-19-37(34,39)5)41-45-26-35(43)40-22-21-38(29-11-9-8-10-12-29)24-28(3)42(6)25-27(38)2/h1,8-12,23,27-28,32-34,44H,13-22,24-26H2,2-6H3,(H,40,43)/b41-31+/t27?,28?,32?,33?,34?,36-,37-,38?,39-/m0/s1. The lowest BCUT2D eigenvalue weighted by Gasteiger charge is -2.58. The van der Waals surface area contributed by atoms with Gasteiger partial charge in [-0.2, -0.15) is 0 Å². The number of likely N-dealkylation sites (tertiary alicyclic amines) is 1. The van der Waals surface area contributed by atoms with Crippen LogP contribution in [0.1, 0.15) is 97.5 Å². The molecule has 6 unspecified atom stereocenters. The molecule has 0 aromatic heterocycles. The second-order valence-electron chi connectivity index (χ2n) is 15.9. The molecule has 5 aliphatic rings. The van der Waals surface area contributed by atoms with Crippen LogP contribution in [0.15, 0.2) is 47.1 Å². The van der Waals surface area contributed by atoms with Gasteiger partial charge in [0.2, 0.25) is 0 Å². The molecule has 0 spiro atoms. The molecule has 1 aromatic rings. The summed E-state index contributed by atoms with van der Waals surface area (Å²) in [5.41, 5.74) is 2.90. The Hall–Kier alpha value is -2.62. The SMILES string of the molecule is C#C[C@]1(O)CCC2C3CCC4=C/C(=N/OCC(=O)NCCC5(c6ccccc6)CC(C)N(C)CC5C)CC[C@]4(C)C3CC[C@@]21C. The van der Waals surface area contributed by atoms with E-state index in [2.05, 4.69) is 92.4 Å². The molecular weight excluding hydrogens is 558 g/mol. The van der Waals surface area contributed by atoms with Gasteiger partial charge in [-0.25, -0.2) is 0 Å². The van der Waals surface area contributed by atoms with Crippen LogP contribution in [0.3, 0.4) is 0 Å². The van der Waals surface area contributed by atoms with Crippen molar-refractivity contribution in [1.82, 2.24) is 10.2 Å². The summed E-state index contributed by atoms with van der Waals surface area (Å²) in [7, 11) is 2.21. The van der Waals surface area contributed by atoms with Gasteiger partial charge in [0.25, 0.3) is 5.91 Å². The zero-order valence-electron chi connectivity index (χ0n) is 28.3. The molecule has 2 N–H and O–H groups in total. The fourth-order valence-corrected chi connectivity index (χ4v) is 10.9. The normalized spacial score (nSPS) is 42.1. The molecule has 0 radical (unpaired) electrons. The number of amides is 1. The van der Waals surface area contributed by atoms with Crippen molar-refractivity contribution in [3.8, 4) is 12.3 Å². The molecule has 6 rings (SSSR count). The van der Waals surface area contributed by atoms with E-state index in [9.17, 15) is 9.90 Å². The quantitative estimate of drug-likeness (QED) is 0.272. The van der Waals surface area contributed by atoms with E-state index >= 15 is 0 Å². The van der Waals surface area contributed by atoms with Crippen LogP contribution >= 0.6 is 0 Å². The molecule has 1 amide bonds. The van der Waals surface area contributed by atoms with Gasteiger partial charge in [0.1, 0.15) is 5.60 Å². The predicted octanol–water partition coefficient (Wildman–Crippen LogP) is 6.49. The van der Waals surface area contributed by atoms with Gasteiger partial charge in [-0.3, -0.25) is 4.79 Å². The Kier molecular flexibility index (Phi) is 8.76. The van der Waals surface area contributed by atoms with Crippen molar-refractivity contribution in [2.75, 3.05) is 26.7 Å². The summed E-state index contributed by atoms with van der Waals surface area (Å²) < 4.78 is 0. The first-order chi connectivity index (χ1) is 21.5. The van der Waals surface area contributed by atoms with Crippen molar-refractivity contribution in [2.45, 2.75) is 109 Å². The Morgan fingerprint density at radius 2 is 1.87 bits per heavy atom. The monoisotopic (exact) mass is 613 g/mol. The molecule has 244 valence electrons. The summed E-state index contributed by atoms with van der Waals surface area (Å²) >= 11 is 0. The number of oxime groups is 1. The lowest BCUT2D eigenvalue weighted by molar-refractivity contribution is -0.125. The second kappa shape index (κ2) is 12.2. The number of nitrogens with one attached hydrogen (secondary N) is 1.